The molecule has 39 heavy (non-hydrogen) atoms. The van der Waals surface area contributed by atoms with Crippen molar-refractivity contribution >= 4 is 50.7 Å². The molecule has 0 aliphatic heterocycles. The Bertz CT molecular complexity index is 1440. The summed E-state index contributed by atoms with van der Waals surface area (Å²) in [7, 11) is -4.22. The molecular weight excluding hydrogens is 557 g/mol. The highest BCUT2D eigenvalue weighted by molar-refractivity contribution is 7.92. The summed E-state index contributed by atoms with van der Waals surface area (Å²) >= 11 is 12.5. The third-order valence-electron chi connectivity index (χ3n) is 6.06. The van der Waals surface area contributed by atoms with Crippen LogP contribution in [0, 0.1) is 6.92 Å². The molecule has 7 nitrogen and oxygen atoms in total. The Kier molecular flexibility index (Phi) is 9.69. The maximum absolute atomic E-state index is 14.0. The van der Waals surface area contributed by atoms with E-state index in [1.54, 1.807) is 25.1 Å². The van der Waals surface area contributed by atoms with Crippen LogP contribution in [0.15, 0.2) is 77.7 Å². The first kappa shape index (κ1) is 30.5. The summed E-state index contributed by atoms with van der Waals surface area (Å²) in [6.45, 7) is 8.61. The van der Waals surface area contributed by atoms with Crippen molar-refractivity contribution in [2.24, 2.45) is 0 Å². The lowest BCUT2D eigenvalue weighted by atomic mass is 10.1. The number of benzene rings is 3. The van der Waals surface area contributed by atoms with E-state index in [0.717, 1.165) is 15.4 Å². The van der Waals surface area contributed by atoms with Crippen molar-refractivity contribution in [1.29, 1.82) is 0 Å². The van der Waals surface area contributed by atoms with E-state index in [1.165, 1.54) is 35.2 Å². The van der Waals surface area contributed by atoms with Gasteiger partial charge in [0.1, 0.15) is 12.6 Å². The zero-order valence-corrected chi connectivity index (χ0v) is 24.9. The average Bonchev–Trinajstić information content (AvgIpc) is 2.86. The van der Waals surface area contributed by atoms with Crippen molar-refractivity contribution in [3.63, 3.8) is 0 Å². The molecule has 10 heteroatoms. The maximum atomic E-state index is 14.0. The fourth-order valence-corrected chi connectivity index (χ4v) is 5.96. The molecule has 0 saturated carbocycles. The van der Waals surface area contributed by atoms with Crippen LogP contribution in [-0.4, -0.2) is 43.3 Å². The number of nitrogens with one attached hydrogen (secondary N) is 1. The number of aryl methyl sites for hydroxylation is 1. The van der Waals surface area contributed by atoms with Gasteiger partial charge in [-0.15, -0.1) is 0 Å². The van der Waals surface area contributed by atoms with E-state index in [-0.39, 0.29) is 28.1 Å². The van der Waals surface area contributed by atoms with E-state index in [0.29, 0.717) is 5.02 Å². The molecule has 3 aromatic carbocycles. The van der Waals surface area contributed by atoms with Crippen LogP contribution in [0.5, 0.6) is 0 Å². The molecular formula is C29H33Cl2N3O4S. The fourth-order valence-electron chi connectivity index (χ4n) is 3.94. The average molecular weight is 591 g/mol. The number of anilines is 1. The highest BCUT2D eigenvalue weighted by atomic mass is 35.5. The van der Waals surface area contributed by atoms with Crippen LogP contribution in [0.25, 0.3) is 0 Å². The Balaban J connectivity index is 2.07. The number of carbonyl (C=O) groups is 2. The number of halogens is 2. The molecule has 3 rings (SSSR count). The van der Waals surface area contributed by atoms with Gasteiger partial charge >= 0.3 is 0 Å². The van der Waals surface area contributed by atoms with Gasteiger partial charge in [0.15, 0.2) is 0 Å². The van der Waals surface area contributed by atoms with Gasteiger partial charge in [-0.3, -0.25) is 13.9 Å². The molecule has 0 spiro atoms. The Labute approximate surface area is 240 Å². The minimum atomic E-state index is -4.22. The molecule has 0 radical (unpaired) electrons. The minimum Gasteiger partial charge on any atom is -0.350 e. The molecule has 1 atom stereocenters. The van der Waals surface area contributed by atoms with Gasteiger partial charge < -0.3 is 10.2 Å². The van der Waals surface area contributed by atoms with Crippen molar-refractivity contribution in [2.45, 2.75) is 57.6 Å². The third-order valence-corrected chi connectivity index (χ3v) is 8.37. The smallest absolute Gasteiger partial charge is 0.264 e. The molecule has 0 aliphatic carbocycles. The standard InChI is InChI=1S/C29H33Cl2N3O4S/c1-20-11-9-10-12-22(20)18-33(21(2)28(36)32-29(3,4)5)27(35)19-34(26-16-15-23(30)17-25(26)31)39(37,38)24-13-7-6-8-14-24/h6-17,21H,18-19H2,1-5H3,(H,32,36)/t21-/m0/s1. The molecule has 2 amide bonds. The molecule has 208 valence electrons. The molecule has 0 aliphatic rings. The second kappa shape index (κ2) is 12.4. The van der Waals surface area contributed by atoms with E-state index >= 15 is 0 Å². The number of amides is 2. The van der Waals surface area contributed by atoms with Crippen LogP contribution < -0.4 is 9.62 Å². The first-order valence-electron chi connectivity index (χ1n) is 12.4. The second-order valence-electron chi connectivity index (χ2n) is 10.3. The topological polar surface area (TPSA) is 86.8 Å². The lowest BCUT2D eigenvalue weighted by Crippen LogP contribution is -2.54. The zero-order chi connectivity index (χ0) is 29.0. The normalized spacial score (nSPS) is 12.5. The quantitative estimate of drug-likeness (QED) is 0.340. The number of carbonyl (C=O) groups excluding carboxylic acids is 2. The van der Waals surface area contributed by atoms with Crippen molar-refractivity contribution in [3.8, 4) is 0 Å². The molecule has 0 aromatic heterocycles. The molecule has 0 fully saturated rings. The highest BCUT2D eigenvalue weighted by Crippen LogP contribution is 2.33. The summed E-state index contributed by atoms with van der Waals surface area (Å²) in [4.78, 5) is 28.5. The van der Waals surface area contributed by atoms with E-state index in [4.69, 9.17) is 23.2 Å². The number of nitrogens with zero attached hydrogens (tertiary/aromatic N) is 2. The van der Waals surface area contributed by atoms with Crippen LogP contribution in [0.2, 0.25) is 10.0 Å². The molecule has 0 saturated heterocycles. The van der Waals surface area contributed by atoms with Crippen molar-refractivity contribution in [3.05, 3.63) is 94.0 Å². The highest BCUT2D eigenvalue weighted by Gasteiger charge is 2.34. The number of hydrogen-bond donors (Lipinski definition) is 1. The summed E-state index contributed by atoms with van der Waals surface area (Å²) in [6.07, 6.45) is 0. The van der Waals surface area contributed by atoms with Gasteiger partial charge in [-0.2, -0.15) is 0 Å². The molecule has 3 aromatic rings. The lowest BCUT2D eigenvalue weighted by molar-refractivity contribution is -0.140. The molecule has 0 unspecified atom stereocenters. The maximum Gasteiger partial charge on any atom is 0.264 e. The first-order chi connectivity index (χ1) is 18.2. The lowest BCUT2D eigenvalue weighted by Gasteiger charge is -2.34. The van der Waals surface area contributed by atoms with Crippen molar-refractivity contribution < 1.29 is 18.0 Å². The summed E-state index contributed by atoms with van der Waals surface area (Å²) < 4.78 is 28.6. The molecule has 0 bridgehead atoms. The molecule has 0 heterocycles. The zero-order valence-electron chi connectivity index (χ0n) is 22.6. The number of rotatable bonds is 9. The number of sulfonamides is 1. The van der Waals surface area contributed by atoms with Crippen molar-refractivity contribution in [1.82, 2.24) is 10.2 Å². The van der Waals surface area contributed by atoms with Gasteiger partial charge in [-0.1, -0.05) is 65.7 Å². The van der Waals surface area contributed by atoms with E-state index < -0.39 is 34.1 Å². The predicted octanol–water partition coefficient (Wildman–Crippen LogP) is 5.83. The Morgan fingerprint density at radius 1 is 0.949 bits per heavy atom. The molecule has 1 N–H and O–H groups in total. The van der Waals surface area contributed by atoms with Gasteiger partial charge in [0.2, 0.25) is 11.8 Å². The van der Waals surface area contributed by atoms with Gasteiger partial charge in [-0.25, -0.2) is 8.42 Å². The minimum absolute atomic E-state index is 0.00667. The summed E-state index contributed by atoms with van der Waals surface area (Å²) in [5.74, 6) is -0.924. The Morgan fingerprint density at radius 3 is 2.15 bits per heavy atom. The van der Waals surface area contributed by atoms with Gasteiger partial charge in [0.25, 0.3) is 10.0 Å². The largest absolute Gasteiger partial charge is 0.350 e. The Morgan fingerprint density at radius 2 is 1.56 bits per heavy atom. The first-order valence-corrected chi connectivity index (χ1v) is 14.6. The van der Waals surface area contributed by atoms with Crippen LogP contribution in [-0.2, 0) is 26.2 Å². The van der Waals surface area contributed by atoms with Crippen LogP contribution in [0.4, 0.5) is 5.69 Å². The monoisotopic (exact) mass is 589 g/mol. The second-order valence-corrected chi connectivity index (χ2v) is 13.0. The summed E-state index contributed by atoms with van der Waals surface area (Å²) in [5, 5.41) is 3.30. The fraction of sp³-hybridized carbons (Fsp3) is 0.310. The summed E-state index contributed by atoms with van der Waals surface area (Å²) in [6, 6.07) is 18.8. The van der Waals surface area contributed by atoms with Gasteiger partial charge in [0, 0.05) is 17.1 Å². The van der Waals surface area contributed by atoms with E-state index in [9.17, 15) is 18.0 Å². The predicted molar refractivity (Wildman–Crippen MR) is 157 cm³/mol. The summed E-state index contributed by atoms with van der Waals surface area (Å²) in [5.41, 5.74) is 1.35. The van der Waals surface area contributed by atoms with Crippen LogP contribution in [0.3, 0.4) is 0 Å². The van der Waals surface area contributed by atoms with E-state index in [2.05, 4.69) is 5.32 Å². The SMILES string of the molecule is Cc1ccccc1CN(C(=O)CN(c1ccc(Cl)cc1Cl)S(=O)(=O)c1ccccc1)[C@@H](C)C(=O)NC(C)(C)C. The Hall–Kier alpha value is -3.07. The van der Waals surface area contributed by atoms with E-state index in [1.807, 2.05) is 52.0 Å². The van der Waals surface area contributed by atoms with Gasteiger partial charge in [0.05, 0.1) is 15.6 Å². The van der Waals surface area contributed by atoms with Crippen LogP contribution in [0.1, 0.15) is 38.8 Å². The third kappa shape index (κ3) is 7.75. The van der Waals surface area contributed by atoms with Crippen molar-refractivity contribution in [2.75, 3.05) is 10.8 Å². The van der Waals surface area contributed by atoms with Crippen LogP contribution >= 0.6 is 23.2 Å². The number of hydrogen-bond acceptors (Lipinski definition) is 4. The van der Waals surface area contributed by atoms with Gasteiger partial charge in [-0.05, 0) is 76.1 Å².